The summed E-state index contributed by atoms with van der Waals surface area (Å²) in [5.41, 5.74) is 6.73. The molecule has 0 unspecified atom stereocenters. The number of benzene rings is 1. The van der Waals surface area contributed by atoms with Crippen LogP contribution in [0.4, 0.5) is 5.69 Å². The Morgan fingerprint density at radius 1 is 1.45 bits per heavy atom. The zero-order valence-electron chi connectivity index (χ0n) is 11.4. The van der Waals surface area contributed by atoms with Crippen molar-refractivity contribution in [3.8, 4) is 5.75 Å². The quantitative estimate of drug-likeness (QED) is 0.614. The van der Waals surface area contributed by atoms with Crippen LogP contribution < -0.4 is 15.8 Å². The first-order valence-electron chi connectivity index (χ1n) is 6.39. The highest BCUT2D eigenvalue weighted by Crippen LogP contribution is 2.18. The summed E-state index contributed by atoms with van der Waals surface area (Å²) in [6.07, 6.45) is 4.44. The van der Waals surface area contributed by atoms with Gasteiger partial charge in [0.05, 0.1) is 7.11 Å². The molecule has 3 N–H and O–H groups in total. The first-order chi connectivity index (χ1) is 9.69. The summed E-state index contributed by atoms with van der Waals surface area (Å²) in [4.78, 5) is 12.0. The maximum absolute atomic E-state index is 12.0. The molecular weight excluding hydrogens is 256 g/mol. The van der Waals surface area contributed by atoms with Crippen molar-refractivity contribution in [2.75, 3.05) is 19.4 Å². The molecule has 6 heteroatoms. The predicted molar refractivity (Wildman–Crippen MR) is 76.6 cm³/mol. The second kappa shape index (κ2) is 6.60. The number of aromatic nitrogens is 2. The number of nitrogens with zero attached hydrogens (tertiary/aromatic N) is 2. The zero-order valence-corrected chi connectivity index (χ0v) is 11.4. The number of rotatable bonds is 6. The van der Waals surface area contributed by atoms with Crippen molar-refractivity contribution in [1.29, 1.82) is 0 Å². The van der Waals surface area contributed by atoms with Gasteiger partial charge in [-0.15, -0.1) is 0 Å². The van der Waals surface area contributed by atoms with Gasteiger partial charge in [-0.05, 0) is 24.6 Å². The van der Waals surface area contributed by atoms with Crippen LogP contribution in [0.15, 0.2) is 36.7 Å². The lowest BCUT2D eigenvalue weighted by Gasteiger charge is -2.08. The van der Waals surface area contributed by atoms with E-state index in [2.05, 4.69) is 10.4 Å². The van der Waals surface area contributed by atoms with Gasteiger partial charge in [0, 0.05) is 42.8 Å². The van der Waals surface area contributed by atoms with Crippen LogP contribution in [0.25, 0.3) is 0 Å². The molecule has 0 saturated heterocycles. The summed E-state index contributed by atoms with van der Waals surface area (Å²) in [6, 6.07) is 6.84. The summed E-state index contributed by atoms with van der Waals surface area (Å²) in [6.45, 7) is 1.35. The van der Waals surface area contributed by atoms with Crippen molar-refractivity contribution in [3.05, 3.63) is 42.2 Å². The van der Waals surface area contributed by atoms with Crippen LogP contribution in [0.2, 0.25) is 0 Å². The van der Waals surface area contributed by atoms with Crippen molar-refractivity contribution < 1.29 is 9.53 Å². The Morgan fingerprint density at radius 2 is 2.30 bits per heavy atom. The van der Waals surface area contributed by atoms with Gasteiger partial charge in [0.25, 0.3) is 5.91 Å². The highest BCUT2D eigenvalue weighted by atomic mass is 16.5. The molecule has 6 nitrogen and oxygen atoms in total. The molecule has 0 bridgehead atoms. The Labute approximate surface area is 117 Å². The summed E-state index contributed by atoms with van der Waals surface area (Å²) in [7, 11) is 1.54. The Balaban J connectivity index is 1.83. The van der Waals surface area contributed by atoms with Crippen molar-refractivity contribution >= 4 is 11.6 Å². The molecule has 106 valence electrons. The van der Waals surface area contributed by atoms with E-state index in [1.165, 1.54) is 0 Å². The molecule has 1 heterocycles. The van der Waals surface area contributed by atoms with Gasteiger partial charge in [0.1, 0.15) is 5.75 Å². The number of carbonyl (C=O) groups excluding carboxylic acids is 1. The molecule has 1 aromatic carbocycles. The van der Waals surface area contributed by atoms with Crippen LogP contribution in [-0.2, 0) is 6.54 Å². The molecule has 0 aliphatic heterocycles. The number of hydrogen-bond acceptors (Lipinski definition) is 4. The van der Waals surface area contributed by atoms with Crippen molar-refractivity contribution in [2.24, 2.45) is 0 Å². The van der Waals surface area contributed by atoms with E-state index in [1.54, 1.807) is 31.5 Å². The van der Waals surface area contributed by atoms with Crippen LogP contribution in [0.5, 0.6) is 5.75 Å². The molecule has 0 saturated carbocycles. The number of nitrogens with two attached hydrogens (primary N) is 1. The lowest BCUT2D eigenvalue weighted by atomic mass is 10.1. The molecule has 2 rings (SSSR count). The number of nitrogen functional groups attached to an aromatic ring is 1. The molecule has 2 aromatic rings. The first kappa shape index (κ1) is 13.9. The van der Waals surface area contributed by atoms with E-state index in [-0.39, 0.29) is 5.91 Å². The average Bonchev–Trinajstić information content (AvgIpc) is 2.95. The Bertz CT molecular complexity index is 567. The van der Waals surface area contributed by atoms with Crippen molar-refractivity contribution in [3.63, 3.8) is 0 Å². The third-order valence-corrected chi connectivity index (χ3v) is 2.84. The van der Waals surface area contributed by atoms with Gasteiger partial charge in [0.2, 0.25) is 0 Å². The van der Waals surface area contributed by atoms with E-state index >= 15 is 0 Å². The summed E-state index contributed by atoms with van der Waals surface area (Å²) < 4.78 is 6.92. The number of carbonyl (C=O) groups is 1. The fourth-order valence-electron chi connectivity index (χ4n) is 1.85. The second-order valence-electron chi connectivity index (χ2n) is 4.37. The van der Waals surface area contributed by atoms with E-state index in [9.17, 15) is 4.79 Å². The molecule has 0 aliphatic rings. The number of amides is 1. The number of aryl methyl sites for hydroxylation is 1. The topological polar surface area (TPSA) is 82.2 Å². The third-order valence-electron chi connectivity index (χ3n) is 2.84. The van der Waals surface area contributed by atoms with Gasteiger partial charge in [-0.2, -0.15) is 5.10 Å². The van der Waals surface area contributed by atoms with E-state index in [0.29, 0.717) is 23.5 Å². The smallest absolute Gasteiger partial charge is 0.251 e. The van der Waals surface area contributed by atoms with E-state index in [0.717, 1.165) is 13.0 Å². The van der Waals surface area contributed by atoms with E-state index in [4.69, 9.17) is 10.5 Å². The standard InChI is InChI=1S/C14H18N4O2/c1-20-13-9-11(8-12(15)10-13)14(19)16-4-2-6-18-7-3-5-17-18/h3,5,7-10H,2,4,6,15H2,1H3,(H,16,19). The van der Waals surface area contributed by atoms with Crippen LogP contribution in [-0.4, -0.2) is 29.3 Å². The number of nitrogens with one attached hydrogen (secondary N) is 1. The van der Waals surface area contributed by atoms with Crippen molar-refractivity contribution in [1.82, 2.24) is 15.1 Å². The lowest BCUT2D eigenvalue weighted by molar-refractivity contribution is 0.0952. The number of anilines is 1. The lowest BCUT2D eigenvalue weighted by Crippen LogP contribution is -2.25. The minimum atomic E-state index is -0.156. The predicted octanol–water partition coefficient (Wildman–Crippen LogP) is 1.29. The van der Waals surface area contributed by atoms with Crippen LogP contribution in [0, 0.1) is 0 Å². The molecule has 1 amide bonds. The highest BCUT2D eigenvalue weighted by Gasteiger charge is 2.07. The normalized spacial score (nSPS) is 10.2. The van der Waals surface area contributed by atoms with Crippen LogP contribution in [0.3, 0.4) is 0 Å². The average molecular weight is 274 g/mol. The van der Waals surface area contributed by atoms with E-state index < -0.39 is 0 Å². The van der Waals surface area contributed by atoms with Gasteiger partial charge >= 0.3 is 0 Å². The fraction of sp³-hybridized carbons (Fsp3) is 0.286. The molecule has 0 atom stereocenters. The minimum absolute atomic E-state index is 0.156. The number of methoxy groups -OCH3 is 1. The molecule has 0 aliphatic carbocycles. The molecule has 0 radical (unpaired) electrons. The van der Waals surface area contributed by atoms with Crippen LogP contribution >= 0.6 is 0 Å². The highest BCUT2D eigenvalue weighted by molar-refractivity contribution is 5.95. The van der Waals surface area contributed by atoms with Crippen LogP contribution in [0.1, 0.15) is 16.8 Å². The molecule has 0 spiro atoms. The maximum atomic E-state index is 12.0. The minimum Gasteiger partial charge on any atom is -0.497 e. The van der Waals surface area contributed by atoms with Gasteiger partial charge in [-0.25, -0.2) is 0 Å². The molecular formula is C14H18N4O2. The Kier molecular flexibility index (Phi) is 4.60. The maximum Gasteiger partial charge on any atom is 0.251 e. The van der Waals surface area contributed by atoms with Gasteiger partial charge in [-0.1, -0.05) is 0 Å². The zero-order chi connectivity index (χ0) is 14.4. The summed E-state index contributed by atoms with van der Waals surface area (Å²) in [5.74, 6) is 0.419. The molecule has 20 heavy (non-hydrogen) atoms. The van der Waals surface area contributed by atoms with Gasteiger partial charge < -0.3 is 15.8 Å². The molecule has 1 aromatic heterocycles. The second-order valence-corrected chi connectivity index (χ2v) is 4.37. The molecule has 0 fully saturated rings. The largest absolute Gasteiger partial charge is 0.497 e. The van der Waals surface area contributed by atoms with Crippen molar-refractivity contribution in [2.45, 2.75) is 13.0 Å². The fourth-order valence-corrected chi connectivity index (χ4v) is 1.85. The van der Waals surface area contributed by atoms with Gasteiger partial charge in [-0.3, -0.25) is 9.48 Å². The summed E-state index contributed by atoms with van der Waals surface area (Å²) in [5, 5.41) is 6.95. The summed E-state index contributed by atoms with van der Waals surface area (Å²) >= 11 is 0. The number of hydrogen-bond donors (Lipinski definition) is 2. The van der Waals surface area contributed by atoms with Gasteiger partial charge in [0.15, 0.2) is 0 Å². The Hall–Kier alpha value is -2.50. The SMILES string of the molecule is COc1cc(N)cc(C(=O)NCCCn2cccn2)c1. The first-order valence-corrected chi connectivity index (χ1v) is 6.39. The monoisotopic (exact) mass is 274 g/mol. The number of ether oxygens (including phenoxy) is 1. The Morgan fingerprint density at radius 3 is 3.00 bits per heavy atom. The third kappa shape index (κ3) is 3.74. The van der Waals surface area contributed by atoms with E-state index in [1.807, 2.05) is 16.9 Å².